The first-order valence-corrected chi connectivity index (χ1v) is 5.71. The fourth-order valence-corrected chi connectivity index (χ4v) is 2.22. The van der Waals surface area contributed by atoms with Crippen LogP contribution in [0.1, 0.15) is 24.8 Å². The molecule has 18 heavy (non-hydrogen) atoms. The minimum absolute atomic E-state index is 0.133. The lowest BCUT2D eigenvalue weighted by Gasteiger charge is -2.35. The SMILES string of the molecule is N#CC1(c2ccc(OC(F)(F)F)c(Cl)c2)CCC1. The molecule has 0 unspecified atom stereocenters. The Morgan fingerprint density at radius 1 is 1.33 bits per heavy atom. The number of benzene rings is 1. The third kappa shape index (κ3) is 2.39. The van der Waals surface area contributed by atoms with Crippen molar-refractivity contribution in [1.82, 2.24) is 0 Å². The maximum absolute atomic E-state index is 12.1. The van der Waals surface area contributed by atoms with Gasteiger partial charge in [-0.15, -0.1) is 13.2 Å². The van der Waals surface area contributed by atoms with Gasteiger partial charge in [0.25, 0.3) is 0 Å². The Morgan fingerprint density at radius 2 is 2.00 bits per heavy atom. The molecular formula is C12H9ClF3NO. The van der Waals surface area contributed by atoms with Gasteiger partial charge in [0.2, 0.25) is 0 Å². The first kappa shape index (κ1) is 13.0. The van der Waals surface area contributed by atoms with Gasteiger partial charge in [-0.05, 0) is 37.0 Å². The van der Waals surface area contributed by atoms with Crippen LogP contribution >= 0.6 is 11.6 Å². The van der Waals surface area contributed by atoms with E-state index in [1.54, 1.807) is 0 Å². The lowest BCUT2D eigenvalue weighted by molar-refractivity contribution is -0.274. The fourth-order valence-electron chi connectivity index (χ4n) is 2.00. The Morgan fingerprint density at radius 3 is 2.39 bits per heavy atom. The van der Waals surface area contributed by atoms with E-state index in [2.05, 4.69) is 10.8 Å². The molecule has 1 aromatic carbocycles. The average Bonchev–Trinajstić information content (AvgIpc) is 2.19. The molecule has 6 heteroatoms. The standard InChI is InChI=1S/C12H9ClF3NO/c13-9-6-8(11(7-17)4-1-5-11)2-3-10(9)18-12(14,15)16/h2-3,6H,1,4-5H2. The van der Waals surface area contributed by atoms with Gasteiger partial charge in [0.15, 0.2) is 0 Å². The summed E-state index contributed by atoms with van der Waals surface area (Å²) in [5.74, 6) is -0.444. The Balaban J connectivity index is 2.28. The van der Waals surface area contributed by atoms with Crippen LogP contribution < -0.4 is 4.74 Å². The number of nitrogens with zero attached hydrogens (tertiary/aromatic N) is 1. The van der Waals surface area contributed by atoms with E-state index in [4.69, 9.17) is 16.9 Å². The maximum Gasteiger partial charge on any atom is 0.573 e. The van der Waals surface area contributed by atoms with E-state index in [-0.39, 0.29) is 5.02 Å². The molecule has 2 rings (SSSR count). The number of ether oxygens (including phenoxy) is 1. The predicted molar refractivity (Wildman–Crippen MR) is 59.3 cm³/mol. The summed E-state index contributed by atoms with van der Waals surface area (Å²) >= 11 is 5.75. The smallest absolute Gasteiger partial charge is 0.404 e. The van der Waals surface area contributed by atoms with Crippen LogP contribution in [0.4, 0.5) is 13.2 Å². The Bertz CT molecular complexity index is 503. The minimum Gasteiger partial charge on any atom is -0.404 e. The van der Waals surface area contributed by atoms with Crippen LogP contribution in [0.15, 0.2) is 18.2 Å². The zero-order valence-electron chi connectivity index (χ0n) is 9.22. The summed E-state index contributed by atoms with van der Waals surface area (Å²) in [7, 11) is 0. The molecule has 0 spiro atoms. The molecule has 1 aliphatic rings. The van der Waals surface area contributed by atoms with Gasteiger partial charge in [-0.3, -0.25) is 0 Å². The van der Waals surface area contributed by atoms with E-state index in [1.165, 1.54) is 12.1 Å². The maximum atomic E-state index is 12.1. The summed E-state index contributed by atoms with van der Waals surface area (Å²) in [6, 6.07) is 6.21. The molecule has 0 radical (unpaired) electrons. The molecular weight excluding hydrogens is 267 g/mol. The number of nitriles is 1. The second kappa shape index (κ2) is 4.36. The van der Waals surface area contributed by atoms with E-state index >= 15 is 0 Å². The summed E-state index contributed by atoms with van der Waals surface area (Å²) in [6.07, 6.45) is -2.42. The van der Waals surface area contributed by atoms with E-state index in [9.17, 15) is 13.2 Å². The first-order valence-electron chi connectivity index (χ1n) is 5.33. The van der Waals surface area contributed by atoms with Gasteiger partial charge in [-0.1, -0.05) is 17.7 Å². The molecule has 1 aromatic rings. The second-order valence-electron chi connectivity index (χ2n) is 4.24. The van der Waals surface area contributed by atoms with Gasteiger partial charge in [0.05, 0.1) is 16.5 Å². The summed E-state index contributed by atoms with van der Waals surface area (Å²) in [6.45, 7) is 0. The van der Waals surface area contributed by atoms with Crippen LogP contribution in [-0.2, 0) is 5.41 Å². The molecule has 0 aliphatic heterocycles. The van der Waals surface area contributed by atoms with Crippen LogP contribution in [0, 0.1) is 11.3 Å². The highest BCUT2D eigenvalue weighted by Gasteiger charge is 2.39. The summed E-state index contributed by atoms with van der Waals surface area (Å²) in [5.41, 5.74) is 0.0520. The van der Waals surface area contributed by atoms with Gasteiger partial charge < -0.3 is 4.74 Å². The van der Waals surface area contributed by atoms with Crippen LogP contribution in [0.5, 0.6) is 5.75 Å². The largest absolute Gasteiger partial charge is 0.573 e. The third-order valence-electron chi connectivity index (χ3n) is 3.13. The molecule has 0 aromatic heterocycles. The summed E-state index contributed by atoms with van der Waals surface area (Å²) in [4.78, 5) is 0. The molecule has 0 saturated heterocycles. The van der Waals surface area contributed by atoms with Crippen molar-refractivity contribution in [3.05, 3.63) is 28.8 Å². The highest BCUT2D eigenvalue weighted by molar-refractivity contribution is 6.32. The van der Waals surface area contributed by atoms with E-state index in [0.717, 1.165) is 12.5 Å². The van der Waals surface area contributed by atoms with E-state index in [0.29, 0.717) is 18.4 Å². The van der Waals surface area contributed by atoms with Crippen molar-refractivity contribution in [1.29, 1.82) is 5.26 Å². The molecule has 1 saturated carbocycles. The highest BCUT2D eigenvalue weighted by atomic mass is 35.5. The predicted octanol–water partition coefficient (Wildman–Crippen LogP) is 4.18. The number of hydrogen-bond donors (Lipinski definition) is 0. The molecule has 96 valence electrons. The van der Waals surface area contributed by atoms with Gasteiger partial charge in [0, 0.05) is 0 Å². The van der Waals surface area contributed by atoms with Crippen molar-refractivity contribution < 1.29 is 17.9 Å². The topological polar surface area (TPSA) is 33.0 Å². The van der Waals surface area contributed by atoms with Crippen molar-refractivity contribution >= 4 is 11.6 Å². The van der Waals surface area contributed by atoms with Crippen molar-refractivity contribution in [2.24, 2.45) is 0 Å². The number of alkyl halides is 3. The van der Waals surface area contributed by atoms with Crippen molar-refractivity contribution in [3.63, 3.8) is 0 Å². The van der Waals surface area contributed by atoms with Crippen LogP contribution in [0.2, 0.25) is 5.02 Å². The van der Waals surface area contributed by atoms with Gasteiger partial charge in [0.1, 0.15) is 5.75 Å². The molecule has 2 nitrogen and oxygen atoms in total. The van der Waals surface area contributed by atoms with Crippen molar-refractivity contribution in [3.8, 4) is 11.8 Å². The zero-order valence-corrected chi connectivity index (χ0v) is 9.98. The molecule has 0 amide bonds. The Hall–Kier alpha value is -1.41. The van der Waals surface area contributed by atoms with Crippen LogP contribution in [0.25, 0.3) is 0 Å². The van der Waals surface area contributed by atoms with Crippen molar-refractivity contribution in [2.45, 2.75) is 31.0 Å². The quantitative estimate of drug-likeness (QED) is 0.811. The van der Waals surface area contributed by atoms with Crippen LogP contribution in [-0.4, -0.2) is 6.36 Å². The van der Waals surface area contributed by atoms with Crippen LogP contribution in [0.3, 0.4) is 0 Å². The zero-order chi connectivity index (χ0) is 13.4. The number of hydrogen-bond acceptors (Lipinski definition) is 2. The number of halogens is 4. The monoisotopic (exact) mass is 275 g/mol. The van der Waals surface area contributed by atoms with Gasteiger partial charge in [-0.25, -0.2) is 0 Å². The first-order chi connectivity index (χ1) is 8.36. The Kier molecular flexibility index (Phi) is 3.16. The summed E-state index contributed by atoms with van der Waals surface area (Å²) in [5, 5.41) is 9.00. The lowest BCUT2D eigenvalue weighted by atomic mass is 9.65. The Labute approximate surface area is 107 Å². The third-order valence-corrected chi connectivity index (χ3v) is 3.43. The molecule has 1 fully saturated rings. The molecule has 0 N–H and O–H groups in total. The fraction of sp³-hybridized carbons (Fsp3) is 0.417. The minimum atomic E-state index is -4.77. The van der Waals surface area contributed by atoms with Gasteiger partial charge in [-0.2, -0.15) is 5.26 Å². The van der Waals surface area contributed by atoms with E-state index < -0.39 is 17.5 Å². The van der Waals surface area contributed by atoms with Crippen molar-refractivity contribution in [2.75, 3.05) is 0 Å². The van der Waals surface area contributed by atoms with E-state index in [1.807, 2.05) is 0 Å². The second-order valence-corrected chi connectivity index (χ2v) is 4.65. The molecule has 1 aliphatic carbocycles. The average molecular weight is 276 g/mol. The van der Waals surface area contributed by atoms with Gasteiger partial charge >= 0.3 is 6.36 Å². The highest BCUT2D eigenvalue weighted by Crippen LogP contribution is 2.45. The molecule has 0 bridgehead atoms. The molecule has 0 heterocycles. The normalized spacial score (nSPS) is 17.7. The lowest BCUT2D eigenvalue weighted by Crippen LogP contribution is -2.32. The summed E-state index contributed by atoms with van der Waals surface area (Å²) < 4.78 is 40.0. The molecule has 0 atom stereocenters. The number of rotatable bonds is 2.